The minimum atomic E-state index is -4.28. The number of nitrogens with two attached hydrogens (primary N) is 1. The molecule has 3 N–H and O–H groups in total. The van der Waals surface area contributed by atoms with E-state index in [1.54, 1.807) is 0 Å². The fourth-order valence-corrected chi connectivity index (χ4v) is 0.743. The summed E-state index contributed by atoms with van der Waals surface area (Å²) in [5.74, 6) is -0.598. The molecule has 0 heterocycles. The van der Waals surface area contributed by atoms with Gasteiger partial charge in [-0.05, 0) is 13.8 Å². The smallest absolute Gasteiger partial charge is 0.390 e. The Morgan fingerprint density at radius 1 is 1.40 bits per heavy atom. The average Bonchev–Trinajstić information content (AvgIpc) is 2.01. The van der Waals surface area contributed by atoms with Gasteiger partial charge < -0.3 is 11.1 Å². The van der Waals surface area contributed by atoms with Gasteiger partial charge in [0.1, 0.15) is 0 Å². The van der Waals surface area contributed by atoms with Gasteiger partial charge in [-0.3, -0.25) is 4.79 Å². The van der Waals surface area contributed by atoms with Crippen LogP contribution in [0.25, 0.3) is 0 Å². The van der Waals surface area contributed by atoms with Crippen LogP contribution in [0, 0.1) is 5.41 Å². The highest BCUT2D eigenvalue weighted by molar-refractivity contribution is 7.80. The molecule has 15 heavy (non-hydrogen) atoms. The molecular weight excluding hydrogens is 229 g/mol. The maximum Gasteiger partial charge on any atom is 0.390 e. The van der Waals surface area contributed by atoms with Crippen molar-refractivity contribution >= 4 is 23.1 Å². The summed E-state index contributed by atoms with van der Waals surface area (Å²) in [7, 11) is 0. The highest BCUT2D eigenvalue weighted by Gasteiger charge is 2.32. The zero-order chi connectivity index (χ0) is 12.3. The van der Waals surface area contributed by atoms with Gasteiger partial charge in [0.2, 0.25) is 5.91 Å². The molecule has 0 radical (unpaired) electrons. The number of rotatable bonds is 4. The van der Waals surface area contributed by atoms with Gasteiger partial charge in [0.05, 0.1) is 16.8 Å². The highest BCUT2D eigenvalue weighted by atomic mass is 32.1. The lowest BCUT2D eigenvalue weighted by atomic mass is 9.92. The fraction of sp³-hybridized carbons (Fsp3) is 0.750. The molecule has 0 fully saturated rings. The summed E-state index contributed by atoms with van der Waals surface area (Å²) in [4.78, 5) is 11.3. The van der Waals surface area contributed by atoms with E-state index in [2.05, 4.69) is 17.5 Å². The van der Waals surface area contributed by atoms with Crippen molar-refractivity contribution in [2.75, 3.05) is 6.54 Å². The maximum absolute atomic E-state index is 11.8. The van der Waals surface area contributed by atoms with Crippen molar-refractivity contribution in [3.8, 4) is 0 Å². The van der Waals surface area contributed by atoms with Gasteiger partial charge in [0.25, 0.3) is 0 Å². The SMILES string of the molecule is CC(C)(C(=O)NCCC(F)(F)F)C(N)=S. The Morgan fingerprint density at radius 2 is 1.87 bits per heavy atom. The number of nitrogens with one attached hydrogen (secondary N) is 1. The van der Waals surface area contributed by atoms with Crippen molar-refractivity contribution in [2.45, 2.75) is 26.4 Å². The molecule has 0 unspecified atom stereocenters. The number of thiocarbonyl (C=S) groups is 1. The summed E-state index contributed by atoms with van der Waals surface area (Å²) in [6.45, 7) is 2.45. The monoisotopic (exact) mass is 242 g/mol. The Kier molecular flexibility index (Phi) is 4.51. The first-order chi connectivity index (χ1) is 6.57. The Bertz CT molecular complexity index is 263. The van der Waals surface area contributed by atoms with Crippen molar-refractivity contribution < 1.29 is 18.0 Å². The average molecular weight is 242 g/mol. The standard InChI is InChI=1S/C8H13F3N2OS/c1-7(2,5(12)15)6(14)13-4-3-8(9,10)11/h3-4H2,1-2H3,(H2,12,15)(H,13,14). The zero-order valence-electron chi connectivity index (χ0n) is 8.44. The third-order valence-electron chi connectivity index (χ3n) is 1.88. The van der Waals surface area contributed by atoms with Gasteiger partial charge in [-0.1, -0.05) is 12.2 Å². The van der Waals surface area contributed by atoms with E-state index < -0.39 is 30.5 Å². The van der Waals surface area contributed by atoms with Gasteiger partial charge >= 0.3 is 6.18 Å². The molecule has 0 saturated carbocycles. The number of carbonyl (C=O) groups excluding carboxylic acids is 1. The van der Waals surface area contributed by atoms with Crippen molar-refractivity contribution in [3.63, 3.8) is 0 Å². The minimum Gasteiger partial charge on any atom is -0.392 e. The second-order valence-corrected chi connectivity index (χ2v) is 4.05. The molecule has 7 heteroatoms. The molecule has 0 atom stereocenters. The molecule has 0 aliphatic carbocycles. The summed E-state index contributed by atoms with van der Waals surface area (Å²) < 4.78 is 35.3. The van der Waals surface area contributed by atoms with E-state index in [1.165, 1.54) is 13.8 Å². The van der Waals surface area contributed by atoms with E-state index in [1.807, 2.05) is 0 Å². The van der Waals surface area contributed by atoms with Crippen LogP contribution in [0.5, 0.6) is 0 Å². The first kappa shape index (κ1) is 14.2. The number of amides is 1. The number of halogens is 3. The van der Waals surface area contributed by atoms with Crippen molar-refractivity contribution in [1.29, 1.82) is 0 Å². The summed E-state index contributed by atoms with van der Waals surface area (Å²) in [6.07, 6.45) is -5.34. The Labute approximate surface area is 91.2 Å². The number of hydrogen-bond donors (Lipinski definition) is 2. The fourth-order valence-electron chi connectivity index (χ4n) is 0.651. The van der Waals surface area contributed by atoms with Crippen LogP contribution < -0.4 is 11.1 Å². The van der Waals surface area contributed by atoms with Crippen molar-refractivity contribution in [3.05, 3.63) is 0 Å². The molecule has 88 valence electrons. The predicted octanol–water partition coefficient (Wildman–Crippen LogP) is 1.37. The predicted molar refractivity (Wildman–Crippen MR) is 54.2 cm³/mol. The van der Waals surface area contributed by atoms with Gasteiger partial charge in [-0.15, -0.1) is 0 Å². The van der Waals surface area contributed by atoms with Crippen molar-refractivity contribution in [2.24, 2.45) is 11.1 Å². The Hall–Kier alpha value is -0.850. The lowest BCUT2D eigenvalue weighted by molar-refractivity contribution is -0.137. The normalized spacial score (nSPS) is 12.3. The molecule has 0 aliphatic heterocycles. The van der Waals surface area contributed by atoms with E-state index in [9.17, 15) is 18.0 Å². The van der Waals surface area contributed by atoms with Crippen LogP contribution in [0.4, 0.5) is 13.2 Å². The summed E-state index contributed by atoms with van der Waals surface area (Å²) in [5.41, 5.74) is 4.15. The summed E-state index contributed by atoms with van der Waals surface area (Å²) in [5, 5.41) is 2.13. The first-order valence-electron chi connectivity index (χ1n) is 4.22. The van der Waals surface area contributed by atoms with Gasteiger partial charge in [-0.2, -0.15) is 13.2 Å². The third-order valence-corrected chi connectivity index (χ3v) is 2.39. The zero-order valence-corrected chi connectivity index (χ0v) is 9.26. The summed E-state index contributed by atoms with van der Waals surface area (Å²) in [6, 6.07) is 0. The van der Waals surface area contributed by atoms with Crippen LogP contribution in [0.2, 0.25) is 0 Å². The summed E-state index contributed by atoms with van der Waals surface area (Å²) >= 11 is 4.63. The Morgan fingerprint density at radius 3 is 2.20 bits per heavy atom. The Balaban J connectivity index is 4.11. The topological polar surface area (TPSA) is 55.1 Å². The molecule has 3 nitrogen and oxygen atoms in total. The largest absolute Gasteiger partial charge is 0.392 e. The van der Waals surface area contributed by atoms with Crippen LogP contribution >= 0.6 is 12.2 Å². The minimum absolute atomic E-state index is 0.0491. The number of alkyl halides is 3. The molecule has 0 aromatic heterocycles. The molecule has 1 amide bonds. The second-order valence-electron chi connectivity index (χ2n) is 3.61. The van der Waals surface area contributed by atoms with Crippen LogP contribution in [-0.2, 0) is 4.79 Å². The van der Waals surface area contributed by atoms with E-state index in [0.29, 0.717) is 0 Å². The van der Waals surface area contributed by atoms with Crippen LogP contribution in [0.1, 0.15) is 20.3 Å². The third kappa shape index (κ3) is 4.96. The van der Waals surface area contributed by atoms with Crippen molar-refractivity contribution in [1.82, 2.24) is 5.32 Å². The highest BCUT2D eigenvalue weighted by Crippen LogP contribution is 2.19. The van der Waals surface area contributed by atoms with Gasteiger partial charge in [0.15, 0.2) is 0 Å². The quantitative estimate of drug-likeness (QED) is 0.732. The molecule has 0 aromatic rings. The molecule has 0 rings (SSSR count). The molecule has 0 bridgehead atoms. The van der Waals surface area contributed by atoms with Crippen LogP contribution in [-0.4, -0.2) is 23.6 Å². The van der Waals surface area contributed by atoms with E-state index in [-0.39, 0.29) is 4.99 Å². The molecule has 0 spiro atoms. The lowest BCUT2D eigenvalue weighted by Gasteiger charge is -2.22. The van der Waals surface area contributed by atoms with Gasteiger partial charge in [0, 0.05) is 6.54 Å². The number of hydrogen-bond acceptors (Lipinski definition) is 2. The van der Waals surface area contributed by atoms with Crippen LogP contribution in [0.15, 0.2) is 0 Å². The van der Waals surface area contributed by atoms with Crippen LogP contribution in [0.3, 0.4) is 0 Å². The molecule has 0 aromatic carbocycles. The van der Waals surface area contributed by atoms with E-state index in [4.69, 9.17) is 5.73 Å². The van der Waals surface area contributed by atoms with E-state index >= 15 is 0 Å². The second kappa shape index (κ2) is 4.78. The lowest BCUT2D eigenvalue weighted by Crippen LogP contribution is -2.45. The molecule has 0 aliphatic rings. The van der Waals surface area contributed by atoms with Gasteiger partial charge in [-0.25, -0.2) is 0 Å². The van der Waals surface area contributed by atoms with E-state index in [0.717, 1.165) is 0 Å². The first-order valence-corrected chi connectivity index (χ1v) is 4.63. The molecule has 0 saturated heterocycles. The maximum atomic E-state index is 11.8. The number of carbonyl (C=O) groups is 1. The molecular formula is C8H13F3N2OS.